The molecule has 2 atom stereocenters. The van der Waals surface area contributed by atoms with E-state index < -0.39 is 11.9 Å². The van der Waals surface area contributed by atoms with E-state index in [1.807, 2.05) is 0 Å². The Labute approximate surface area is 103 Å². The average molecular weight is 249 g/mol. The van der Waals surface area contributed by atoms with Crippen molar-refractivity contribution in [2.45, 2.75) is 31.5 Å². The summed E-state index contributed by atoms with van der Waals surface area (Å²) in [5, 5.41) is 10.3. The molecule has 0 radical (unpaired) electrons. The number of oxazole rings is 1. The van der Waals surface area contributed by atoms with Crippen molar-refractivity contribution < 1.29 is 14.3 Å². The number of benzene rings is 1. The number of hydrogen-bond acceptors (Lipinski definition) is 4. The molecule has 1 aromatic carbocycles. The van der Waals surface area contributed by atoms with Crippen LogP contribution in [0.15, 0.2) is 27.4 Å². The minimum atomic E-state index is -0.671. The second-order valence-corrected chi connectivity index (χ2v) is 4.62. The Bertz CT molecular complexity index is 594. The number of aliphatic hydroxyl groups excluding tert-OH is 1. The predicted octanol–water partition coefficient (Wildman–Crippen LogP) is 1.72. The van der Waals surface area contributed by atoms with Crippen LogP contribution in [0.4, 0.5) is 0 Å². The molecule has 18 heavy (non-hydrogen) atoms. The highest BCUT2D eigenvalue weighted by Crippen LogP contribution is 2.27. The van der Waals surface area contributed by atoms with E-state index in [1.54, 1.807) is 18.2 Å². The van der Waals surface area contributed by atoms with Crippen LogP contribution in [0.5, 0.6) is 0 Å². The van der Waals surface area contributed by atoms with Crippen LogP contribution in [0.3, 0.4) is 0 Å². The van der Waals surface area contributed by atoms with Crippen molar-refractivity contribution in [3.8, 4) is 0 Å². The Kier molecular flexibility index (Phi) is 2.93. The van der Waals surface area contributed by atoms with Crippen molar-refractivity contribution in [3.05, 3.63) is 34.3 Å². The zero-order valence-corrected chi connectivity index (χ0v) is 9.89. The second kappa shape index (κ2) is 4.59. The smallest absolute Gasteiger partial charge is 0.408 e. The molecule has 1 aromatic heterocycles. The standard InChI is InChI=1S/C13H15NO4/c15-12(10-3-1-2-6-17-10)8-4-5-9-11(7-8)18-13(16)14-9/h4-5,7,10,12,15H,1-3,6H2,(H,14,16). The fourth-order valence-corrected chi connectivity index (χ4v) is 2.38. The SMILES string of the molecule is O=c1[nH]c2ccc(C(O)C3CCCCO3)cc2o1. The quantitative estimate of drug-likeness (QED) is 0.849. The lowest BCUT2D eigenvalue weighted by molar-refractivity contribution is -0.0633. The molecule has 0 bridgehead atoms. The summed E-state index contributed by atoms with van der Waals surface area (Å²) < 4.78 is 10.5. The zero-order valence-electron chi connectivity index (χ0n) is 9.89. The van der Waals surface area contributed by atoms with E-state index in [0.29, 0.717) is 17.7 Å². The summed E-state index contributed by atoms with van der Waals surface area (Å²) in [5.74, 6) is -0.481. The van der Waals surface area contributed by atoms with E-state index in [9.17, 15) is 9.90 Å². The highest BCUT2D eigenvalue weighted by Gasteiger charge is 2.24. The number of nitrogens with one attached hydrogen (secondary N) is 1. The summed E-state index contributed by atoms with van der Waals surface area (Å²) >= 11 is 0. The molecule has 1 aliphatic heterocycles. The van der Waals surface area contributed by atoms with Crippen molar-refractivity contribution in [2.75, 3.05) is 6.61 Å². The van der Waals surface area contributed by atoms with Gasteiger partial charge < -0.3 is 14.3 Å². The molecule has 3 rings (SSSR count). The lowest BCUT2D eigenvalue weighted by atomic mass is 9.98. The Hall–Kier alpha value is -1.59. The number of aromatic amines is 1. The van der Waals surface area contributed by atoms with Crippen LogP contribution in [0.25, 0.3) is 11.1 Å². The van der Waals surface area contributed by atoms with E-state index in [0.717, 1.165) is 24.8 Å². The topological polar surface area (TPSA) is 75.5 Å². The maximum atomic E-state index is 11.1. The monoisotopic (exact) mass is 249 g/mol. The van der Waals surface area contributed by atoms with Crippen molar-refractivity contribution >= 4 is 11.1 Å². The van der Waals surface area contributed by atoms with Gasteiger partial charge in [-0.25, -0.2) is 4.79 Å². The lowest BCUT2D eigenvalue weighted by Gasteiger charge is -2.27. The van der Waals surface area contributed by atoms with Gasteiger partial charge in [0.25, 0.3) is 0 Å². The molecule has 0 saturated carbocycles. The number of rotatable bonds is 2. The summed E-state index contributed by atoms with van der Waals surface area (Å²) in [6.45, 7) is 0.698. The summed E-state index contributed by atoms with van der Waals surface area (Å²) in [4.78, 5) is 13.6. The van der Waals surface area contributed by atoms with Crippen molar-refractivity contribution in [1.82, 2.24) is 4.98 Å². The van der Waals surface area contributed by atoms with E-state index in [1.165, 1.54) is 0 Å². The minimum absolute atomic E-state index is 0.165. The molecule has 2 unspecified atom stereocenters. The summed E-state index contributed by atoms with van der Waals surface area (Å²) in [6.07, 6.45) is 2.14. The van der Waals surface area contributed by atoms with Gasteiger partial charge in [-0.2, -0.15) is 0 Å². The van der Waals surface area contributed by atoms with Crippen molar-refractivity contribution in [3.63, 3.8) is 0 Å². The van der Waals surface area contributed by atoms with Gasteiger partial charge in [-0.3, -0.25) is 4.98 Å². The molecule has 1 saturated heterocycles. The van der Waals surface area contributed by atoms with Crippen LogP contribution in [-0.4, -0.2) is 22.8 Å². The Morgan fingerprint density at radius 3 is 3.06 bits per heavy atom. The van der Waals surface area contributed by atoms with Crippen LogP contribution < -0.4 is 5.76 Å². The molecular formula is C13H15NO4. The first-order valence-corrected chi connectivity index (χ1v) is 6.16. The van der Waals surface area contributed by atoms with Gasteiger partial charge in [0.05, 0.1) is 11.6 Å². The maximum Gasteiger partial charge on any atom is 0.417 e. The van der Waals surface area contributed by atoms with E-state index in [2.05, 4.69) is 4.98 Å². The summed E-state index contributed by atoms with van der Waals surface area (Å²) in [7, 11) is 0. The molecular weight excluding hydrogens is 234 g/mol. The number of ether oxygens (including phenoxy) is 1. The molecule has 2 N–H and O–H groups in total. The molecule has 2 aromatic rings. The van der Waals surface area contributed by atoms with E-state index >= 15 is 0 Å². The van der Waals surface area contributed by atoms with Gasteiger partial charge in [-0.1, -0.05) is 6.07 Å². The fraction of sp³-hybridized carbons (Fsp3) is 0.462. The van der Waals surface area contributed by atoms with Gasteiger partial charge >= 0.3 is 5.76 Å². The molecule has 0 aliphatic carbocycles. The molecule has 0 spiro atoms. The first-order chi connectivity index (χ1) is 8.74. The van der Waals surface area contributed by atoms with Gasteiger partial charge in [-0.05, 0) is 37.0 Å². The van der Waals surface area contributed by atoms with Gasteiger partial charge in [0, 0.05) is 6.61 Å². The third kappa shape index (κ3) is 2.07. The van der Waals surface area contributed by atoms with Crippen LogP contribution in [-0.2, 0) is 4.74 Å². The lowest BCUT2D eigenvalue weighted by Crippen LogP contribution is -2.26. The van der Waals surface area contributed by atoms with E-state index in [4.69, 9.17) is 9.15 Å². The number of hydrogen-bond donors (Lipinski definition) is 2. The normalized spacial score (nSPS) is 22.2. The zero-order chi connectivity index (χ0) is 12.5. The average Bonchev–Trinajstić information content (AvgIpc) is 2.78. The third-order valence-corrected chi connectivity index (χ3v) is 3.35. The number of fused-ring (bicyclic) bond motifs is 1. The first-order valence-electron chi connectivity index (χ1n) is 6.16. The largest absolute Gasteiger partial charge is 0.417 e. The minimum Gasteiger partial charge on any atom is -0.408 e. The first kappa shape index (κ1) is 11.5. The second-order valence-electron chi connectivity index (χ2n) is 4.62. The van der Waals surface area contributed by atoms with Gasteiger partial charge in [0.2, 0.25) is 0 Å². The van der Waals surface area contributed by atoms with Crippen molar-refractivity contribution in [1.29, 1.82) is 0 Å². The molecule has 2 heterocycles. The van der Waals surface area contributed by atoms with Crippen LogP contribution >= 0.6 is 0 Å². The highest BCUT2D eigenvalue weighted by molar-refractivity contribution is 5.72. The van der Waals surface area contributed by atoms with Gasteiger partial charge in [0.15, 0.2) is 5.58 Å². The predicted molar refractivity (Wildman–Crippen MR) is 65.4 cm³/mol. The highest BCUT2D eigenvalue weighted by atomic mass is 16.5. The van der Waals surface area contributed by atoms with E-state index in [-0.39, 0.29) is 6.10 Å². The maximum absolute atomic E-state index is 11.1. The molecule has 1 aliphatic rings. The van der Waals surface area contributed by atoms with Gasteiger partial charge in [0.1, 0.15) is 6.10 Å². The van der Waals surface area contributed by atoms with Crippen LogP contribution in [0, 0.1) is 0 Å². The molecule has 5 heteroatoms. The Morgan fingerprint density at radius 2 is 2.28 bits per heavy atom. The van der Waals surface area contributed by atoms with Crippen molar-refractivity contribution in [2.24, 2.45) is 0 Å². The molecule has 1 fully saturated rings. The number of H-pyrrole nitrogens is 1. The Morgan fingerprint density at radius 1 is 1.39 bits per heavy atom. The van der Waals surface area contributed by atoms with Crippen LogP contribution in [0.2, 0.25) is 0 Å². The number of aliphatic hydroxyl groups is 1. The van der Waals surface area contributed by atoms with Crippen LogP contribution in [0.1, 0.15) is 30.9 Å². The Balaban J connectivity index is 1.90. The number of aromatic nitrogens is 1. The summed E-state index contributed by atoms with van der Waals surface area (Å²) in [6, 6.07) is 5.22. The third-order valence-electron chi connectivity index (χ3n) is 3.35. The van der Waals surface area contributed by atoms with Gasteiger partial charge in [-0.15, -0.1) is 0 Å². The molecule has 0 amide bonds. The molecule has 5 nitrogen and oxygen atoms in total. The fourth-order valence-electron chi connectivity index (χ4n) is 2.38. The molecule has 96 valence electrons. The summed E-state index contributed by atoms with van der Waals surface area (Å²) in [5.41, 5.74) is 1.82.